The Kier molecular flexibility index (Phi) is 4.82. The number of carbonyl (C=O) groups is 1. The molecule has 1 heterocycles. The zero-order valence-electron chi connectivity index (χ0n) is 13.4. The number of carbonyl (C=O) groups excluding carboxylic acids is 1. The monoisotopic (exact) mass is 312 g/mol. The molecule has 0 spiro atoms. The second kappa shape index (κ2) is 7.01. The van der Waals surface area contributed by atoms with Crippen molar-refractivity contribution >= 4 is 5.91 Å². The smallest absolute Gasteiger partial charge is 0.251 e. The summed E-state index contributed by atoms with van der Waals surface area (Å²) >= 11 is 0. The molecule has 4 heteroatoms. The average Bonchev–Trinajstić information content (AvgIpc) is 3.02. The number of hydrogen-bond acceptors (Lipinski definition) is 2. The van der Waals surface area contributed by atoms with Crippen LogP contribution in [-0.2, 0) is 0 Å². The summed E-state index contributed by atoms with van der Waals surface area (Å²) in [5, 5.41) is 13.5. The Morgan fingerprint density at radius 1 is 1.09 bits per heavy atom. The van der Waals surface area contributed by atoms with Crippen molar-refractivity contribution in [3.05, 3.63) is 54.4 Å². The topological polar surface area (TPSA) is 54.3 Å². The molecule has 0 radical (unpaired) electrons. The standard InChI is InChI=1S/C19H24N2O2/c22-18(20-15-19(23)10-3-1-2-4-11-19)16-8-7-9-17(14-16)21-12-5-6-13-21/h5-9,12-14,23H,1-4,10-11,15H2,(H,20,22). The molecule has 23 heavy (non-hydrogen) atoms. The van der Waals surface area contributed by atoms with E-state index in [1.807, 2.05) is 47.3 Å². The molecule has 1 saturated carbocycles. The molecule has 0 bridgehead atoms. The molecular weight excluding hydrogens is 288 g/mol. The zero-order valence-corrected chi connectivity index (χ0v) is 13.4. The Hall–Kier alpha value is -2.07. The van der Waals surface area contributed by atoms with Gasteiger partial charge in [-0.05, 0) is 43.2 Å². The van der Waals surface area contributed by atoms with Gasteiger partial charge in [-0.3, -0.25) is 4.79 Å². The summed E-state index contributed by atoms with van der Waals surface area (Å²) in [6, 6.07) is 11.4. The number of nitrogens with zero attached hydrogens (tertiary/aromatic N) is 1. The molecule has 4 nitrogen and oxygen atoms in total. The summed E-state index contributed by atoms with van der Waals surface area (Å²) in [5.41, 5.74) is 0.828. The maximum atomic E-state index is 12.4. The van der Waals surface area contributed by atoms with Gasteiger partial charge in [-0.15, -0.1) is 0 Å². The van der Waals surface area contributed by atoms with Gasteiger partial charge in [-0.2, -0.15) is 0 Å². The Labute approximate surface area is 137 Å². The highest BCUT2D eigenvalue weighted by atomic mass is 16.3. The van der Waals surface area contributed by atoms with Crippen LogP contribution in [0.3, 0.4) is 0 Å². The van der Waals surface area contributed by atoms with Crippen molar-refractivity contribution in [2.75, 3.05) is 6.54 Å². The molecule has 1 aromatic carbocycles. The Bertz CT molecular complexity index is 641. The van der Waals surface area contributed by atoms with Gasteiger partial charge in [-0.25, -0.2) is 0 Å². The zero-order chi connectivity index (χ0) is 16.1. The van der Waals surface area contributed by atoms with Gasteiger partial charge in [0.15, 0.2) is 0 Å². The van der Waals surface area contributed by atoms with Crippen molar-refractivity contribution in [1.82, 2.24) is 9.88 Å². The number of aromatic nitrogens is 1. The molecule has 0 atom stereocenters. The summed E-state index contributed by atoms with van der Waals surface area (Å²) < 4.78 is 1.97. The fourth-order valence-corrected chi connectivity index (χ4v) is 3.22. The lowest BCUT2D eigenvalue weighted by Gasteiger charge is -2.26. The average molecular weight is 312 g/mol. The first-order valence-corrected chi connectivity index (χ1v) is 8.40. The lowest BCUT2D eigenvalue weighted by atomic mass is 9.94. The second-order valence-electron chi connectivity index (χ2n) is 6.46. The number of nitrogens with one attached hydrogen (secondary N) is 1. The molecule has 2 aromatic rings. The van der Waals surface area contributed by atoms with Crippen LogP contribution in [0, 0.1) is 0 Å². The molecule has 3 rings (SSSR count). The number of amides is 1. The minimum atomic E-state index is -0.746. The first-order chi connectivity index (χ1) is 11.2. The van der Waals surface area contributed by atoms with Crippen LogP contribution in [-0.4, -0.2) is 27.7 Å². The summed E-state index contributed by atoms with van der Waals surface area (Å²) in [6.45, 7) is 0.333. The Balaban J connectivity index is 1.65. The van der Waals surface area contributed by atoms with Gasteiger partial charge in [-0.1, -0.05) is 31.7 Å². The highest BCUT2D eigenvalue weighted by molar-refractivity contribution is 5.94. The number of aliphatic hydroxyl groups is 1. The lowest BCUT2D eigenvalue weighted by molar-refractivity contribution is 0.0246. The van der Waals surface area contributed by atoms with E-state index in [9.17, 15) is 9.90 Å². The van der Waals surface area contributed by atoms with E-state index in [1.54, 1.807) is 6.07 Å². The van der Waals surface area contributed by atoms with Crippen LogP contribution in [0.1, 0.15) is 48.9 Å². The summed E-state index contributed by atoms with van der Waals surface area (Å²) in [7, 11) is 0. The minimum absolute atomic E-state index is 0.128. The fraction of sp³-hybridized carbons (Fsp3) is 0.421. The Morgan fingerprint density at radius 2 is 1.78 bits per heavy atom. The second-order valence-corrected chi connectivity index (χ2v) is 6.46. The maximum Gasteiger partial charge on any atom is 0.251 e. The van der Waals surface area contributed by atoms with E-state index < -0.39 is 5.60 Å². The van der Waals surface area contributed by atoms with Crippen molar-refractivity contribution in [3.63, 3.8) is 0 Å². The molecule has 0 saturated heterocycles. The van der Waals surface area contributed by atoms with Crippen molar-refractivity contribution < 1.29 is 9.90 Å². The van der Waals surface area contributed by atoms with Gasteiger partial charge >= 0.3 is 0 Å². The van der Waals surface area contributed by atoms with Crippen LogP contribution in [0.5, 0.6) is 0 Å². The minimum Gasteiger partial charge on any atom is -0.388 e. The van der Waals surface area contributed by atoms with Crippen LogP contribution < -0.4 is 5.32 Å². The van der Waals surface area contributed by atoms with Crippen LogP contribution in [0.25, 0.3) is 5.69 Å². The van der Waals surface area contributed by atoms with E-state index in [4.69, 9.17) is 0 Å². The number of benzene rings is 1. The Morgan fingerprint density at radius 3 is 2.48 bits per heavy atom. The van der Waals surface area contributed by atoms with Crippen LogP contribution in [0.2, 0.25) is 0 Å². The predicted molar refractivity (Wildman–Crippen MR) is 90.8 cm³/mol. The molecule has 0 unspecified atom stereocenters. The fourth-order valence-electron chi connectivity index (χ4n) is 3.22. The van der Waals surface area contributed by atoms with E-state index in [2.05, 4.69) is 5.32 Å². The lowest BCUT2D eigenvalue weighted by Crippen LogP contribution is -2.42. The summed E-state index contributed by atoms with van der Waals surface area (Å²) in [6.07, 6.45) is 9.87. The van der Waals surface area contributed by atoms with E-state index >= 15 is 0 Å². The number of hydrogen-bond donors (Lipinski definition) is 2. The van der Waals surface area contributed by atoms with Crippen LogP contribution >= 0.6 is 0 Å². The molecule has 1 aliphatic rings. The van der Waals surface area contributed by atoms with Gasteiger partial charge in [0.25, 0.3) is 5.91 Å². The molecule has 1 aromatic heterocycles. The van der Waals surface area contributed by atoms with Gasteiger partial charge in [0, 0.05) is 30.2 Å². The highest BCUT2D eigenvalue weighted by Gasteiger charge is 2.28. The van der Waals surface area contributed by atoms with E-state index in [0.717, 1.165) is 31.4 Å². The summed E-state index contributed by atoms with van der Waals surface area (Å²) in [4.78, 5) is 12.4. The first kappa shape index (κ1) is 15.8. The van der Waals surface area contributed by atoms with Crippen molar-refractivity contribution in [2.45, 2.75) is 44.1 Å². The van der Waals surface area contributed by atoms with E-state index in [-0.39, 0.29) is 5.91 Å². The van der Waals surface area contributed by atoms with Crippen LogP contribution in [0.15, 0.2) is 48.8 Å². The number of rotatable bonds is 4. The SMILES string of the molecule is O=C(NCC1(O)CCCCCC1)c1cccc(-n2cccc2)c1. The van der Waals surface area contributed by atoms with Crippen molar-refractivity contribution in [2.24, 2.45) is 0 Å². The molecule has 1 fully saturated rings. The molecule has 122 valence electrons. The maximum absolute atomic E-state index is 12.4. The van der Waals surface area contributed by atoms with Gasteiger partial charge in [0.1, 0.15) is 0 Å². The summed E-state index contributed by atoms with van der Waals surface area (Å²) in [5.74, 6) is -0.128. The third kappa shape index (κ3) is 4.02. The normalized spacial score (nSPS) is 17.4. The van der Waals surface area contributed by atoms with Gasteiger partial charge < -0.3 is 15.0 Å². The van der Waals surface area contributed by atoms with E-state index in [0.29, 0.717) is 12.1 Å². The molecule has 1 aliphatic carbocycles. The van der Waals surface area contributed by atoms with E-state index in [1.165, 1.54) is 12.8 Å². The van der Waals surface area contributed by atoms with Crippen molar-refractivity contribution in [3.8, 4) is 5.69 Å². The molecule has 0 aliphatic heterocycles. The third-order valence-corrected chi connectivity index (χ3v) is 4.62. The molecule has 2 N–H and O–H groups in total. The molecular formula is C19H24N2O2. The third-order valence-electron chi connectivity index (χ3n) is 4.62. The molecule has 1 amide bonds. The highest BCUT2D eigenvalue weighted by Crippen LogP contribution is 2.26. The first-order valence-electron chi connectivity index (χ1n) is 8.40. The van der Waals surface area contributed by atoms with Crippen LogP contribution in [0.4, 0.5) is 0 Å². The van der Waals surface area contributed by atoms with Crippen molar-refractivity contribution in [1.29, 1.82) is 0 Å². The quantitative estimate of drug-likeness (QED) is 0.851. The van der Waals surface area contributed by atoms with Gasteiger partial charge in [0.05, 0.1) is 5.60 Å². The largest absolute Gasteiger partial charge is 0.388 e. The van der Waals surface area contributed by atoms with Gasteiger partial charge in [0.2, 0.25) is 0 Å². The predicted octanol–water partition coefficient (Wildman–Crippen LogP) is 3.29.